The van der Waals surface area contributed by atoms with Crippen molar-refractivity contribution in [2.45, 2.75) is 58.5 Å². The number of benzene rings is 1. The molecule has 1 saturated carbocycles. The molecule has 0 amide bonds. The van der Waals surface area contributed by atoms with Gasteiger partial charge in [0, 0.05) is 31.4 Å². The predicted molar refractivity (Wildman–Crippen MR) is 90.7 cm³/mol. The summed E-state index contributed by atoms with van der Waals surface area (Å²) in [5, 5.41) is 3.57. The fourth-order valence-electron chi connectivity index (χ4n) is 4.15. The van der Waals surface area contributed by atoms with E-state index in [-0.39, 0.29) is 0 Å². The van der Waals surface area contributed by atoms with E-state index in [2.05, 4.69) is 48.3 Å². The summed E-state index contributed by atoms with van der Waals surface area (Å²) in [6.45, 7) is 8.09. The van der Waals surface area contributed by atoms with Crippen LogP contribution in [0.2, 0.25) is 0 Å². The largest absolute Gasteiger partial charge is 0.367 e. The maximum Gasteiger partial charge on any atom is 0.0414 e. The van der Waals surface area contributed by atoms with Gasteiger partial charge in [-0.1, -0.05) is 44.9 Å². The molecule has 116 valence electrons. The number of hydrogen-bond acceptors (Lipinski definition) is 2. The molecule has 0 aromatic heterocycles. The molecule has 1 N–H and O–H groups in total. The molecule has 0 saturated heterocycles. The summed E-state index contributed by atoms with van der Waals surface area (Å²) in [6, 6.07) is 9.73. The molecule has 0 bridgehead atoms. The van der Waals surface area contributed by atoms with E-state index in [1.54, 1.807) is 0 Å². The smallest absolute Gasteiger partial charge is 0.0414 e. The van der Waals surface area contributed by atoms with Gasteiger partial charge in [0.05, 0.1) is 0 Å². The van der Waals surface area contributed by atoms with Crippen LogP contribution < -0.4 is 10.2 Å². The van der Waals surface area contributed by atoms with Gasteiger partial charge in [-0.05, 0) is 42.7 Å². The minimum Gasteiger partial charge on any atom is -0.367 e. The van der Waals surface area contributed by atoms with Crippen molar-refractivity contribution >= 4 is 5.69 Å². The van der Waals surface area contributed by atoms with E-state index in [0.29, 0.717) is 0 Å². The highest BCUT2D eigenvalue weighted by Crippen LogP contribution is 2.34. The summed E-state index contributed by atoms with van der Waals surface area (Å²) in [4.78, 5) is 2.71. The van der Waals surface area contributed by atoms with Gasteiger partial charge in [-0.15, -0.1) is 0 Å². The highest BCUT2D eigenvalue weighted by Gasteiger charge is 2.27. The van der Waals surface area contributed by atoms with Crippen LogP contribution in [0.4, 0.5) is 5.69 Å². The van der Waals surface area contributed by atoms with Crippen molar-refractivity contribution in [1.82, 2.24) is 5.32 Å². The Morgan fingerprint density at radius 3 is 2.81 bits per heavy atom. The molecule has 1 aromatic rings. The van der Waals surface area contributed by atoms with E-state index in [9.17, 15) is 0 Å². The average Bonchev–Trinajstić information content (AvgIpc) is 2.85. The standard InChI is InChI=1S/C19H30N2/c1-15(2)16-7-5-8-18(11-10-16)21-13-12-20-14-17-6-3-4-9-19(17)21/h3-4,6,9,15-16,18,20H,5,7-8,10-14H2,1-2H3. The Labute approximate surface area is 129 Å². The third kappa shape index (κ3) is 3.42. The summed E-state index contributed by atoms with van der Waals surface area (Å²) < 4.78 is 0. The van der Waals surface area contributed by atoms with Crippen LogP contribution in [0.5, 0.6) is 0 Å². The van der Waals surface area contributed by atoms with E-state index in [1.807, 2.05) is 0 Å². The Kier molecular flexibility index (Phi) is 4.84. The van der Waals surface area contributed by atoms with Crippen molar-refractivity contribution in [1.29, 1.82) is 0 Å². The lowest BCUT2D eigenvalue weighted by Gasteiger charge is -2.33. The van der Waals surface area contributed by atoms with Crippen molar-refractivity contribution < 1.29 is 0 Å². The molecule has 1 heterocycles. The molecule has 2 nitrogen and oxygen atoms in total. The average molecular weight is 286 g/mol. The van der Waals surface area contributed by atoms with Crippen molar-refractivity contribution in [2.75, 3.05) is 18.0 Å². The number of nitrogens with zero attached hydrogens (tertiary/aromatic N) is 1. The molecule has 1 fully saturated rings. The Morgan fingerprint density at radius 2 is 1.95 bits per heavy atom. The summed E-state index contributed by atoms with van der Waals surface area (Å²) in [6.07, 6.45) is 6.99. The van der Waals surface area contributed by atoms with Gasteiger partial charge in [-0.2, -0.15) is 0 Å². The Balaban J connectivity index is 1.77. The molecule has 21 heavy (non-hydrogen) atoms. The van der Waals surface area contributed by atoms with Gasteiger partial charge in [0.25, 0.3) is 0 Å². The van der Waals surface area contributed by atoms with Gasteiger partial charge in [0.1, 0.15) is 0 Å². The van der Waals surface area contributed by atoms with Crippen LogP contribution in [0.15, 0.2) is 24.3 Å². The summed E-state index contributed by atoms with van der Waals surface area (Å²) >= 11 is 0. The van der Waals surface area contributed by atoms with Crippen molar-refractivity contribution in [3.8, 4) is 0 Å². The van der Waals surface area contributed by atoms with Crippen LogP contribution >= 0.6 is 0 Å². The maximum absolute atomic E-state index is 3.57. The predicted octanol–water partition coefficient (Wildman–Crippen LogP) is 4.20. The molecule has 1 aliphatic carbocycles. The van der Waals surface area contributed by atoms with Crippen LogP contribution in [0.25, 0.3) is 0 Å². The molecule has 0 radical (unpaired) electrons. The SMILES string of the molecule is CC(C)C1CCCC(N2CCNCc3ccccc32)CC1. The highest BCUT2D eigenvalue weighted by atomic mass is 15.2. The molecule has 3 rings (SSSR count). The zero-order chi connectivity index (χ0) is 14.7. The molecule has 2 atom stereocenters. The fourth-order valence-corrected chi connectivity index (χ4v) is 4.15. The number of hydrogen-bond donors (Lipinski definition) is 1. The van der Waals surface area contributed by atoms with E-state index in [4.69, 9.17) is 0 Å². The first kappa shape index (κ1) is 14.9. The van der Waals surface area contributed by atoms with E-state index < -0.39 is 0 Å². The van der Waals surface area contributed by atoms with Gasteiger partial charge in [0.2, 0.25) is 0 Å². The lowest BCUT2D eigenvalue weighted by atomic mass is 9.89. The Morgan fingerprint density at radius 1 is 1.10 bits per heavy atom. The lowest BCUT2D eigenvalue weighted by molar-refractivity contribution is 0.340. The summed E-state index contributed by atoms with van der Waals surface area (Å²) in [5.41, 5.74) is 2.95. The minimum atomic E-state index is 0.745. The summed E-state index contributed by atoms with van der Waals surface area (Å²) in [5.74, 6) is 1.79. The number of nitrogens with one attached hydrogen (secondary N) is 1. The van der Waals surface area contributed by atoms with Crippen LogP contribution in [0.3, 0.4) is 0 Å². The van der Waals surface area contributed by atoms with Crippen LogP contribution in [-0.2, 0) is 6.54 Å². The third-order valence-electron chi connectivity index (χ3n) is 5.51. The number of fused-ring (bicyclic) bond motifs is 1. The van der Waals surface area contributed by atoms with Gasteiger partial charge in [-0.3, -0.25) is 0 Å². The fraction of sp³-hybridized carbons (Fsp3) is 0.684. The molecule has 1 aromatic carbocycles. The highest BCUT2D eigenvalue weighted by molar-refractivity contribution is 5.55. The monoisotopic (exact) mass is 286 g/mol. The molecule has 1 aliphatic heterocycles. The Bertz CT molecular complexity index is 455. The van der Waals surface area contributed by atoms with E-state index >= 15 is 0 Å². The van der Waals surface area contributed by atoms with Gasteiger partial charge >= 0.3 is 0 Å². The van der Waals surface area contributed by atoms with Crippen LogP contribution in [0, 0.1) is 11.8 Å². The molecule has 2 heteroatoms. The van der Waals surface area contributed by atoms with Crippen molar-refractivity contribution in [3.05, 3.63) is 29.8 Å². The molecular formula is C19H30N2. The molecule has 0 spiro atoms. The van der Waals surface area contributed by atoms with Crippen molar-refractivity contribution in [2.24, 2.45) is 11.8 Å². The zero-order valence-corrected chi connectivity index (χ0v) is 13.6. The van der Waals surface area contributed by atoms with E-state index in [0.717, 1.165) is 37.5 Å². The first-order chi connectivity index (χ1) is 10.3. The van der Waals surface area contributed by atoms with Gasteiger partial charge < -0.3 is 10.2 Å². The Hall–Kier alpha value is -1.02. The van der Waals surface area contributed by atoms with E-state index in [1.165, 1.54) is 43.4 Å². The number of para-hydroxylation sites is 1. The summed E-state index contributed by atoms with van der Waals surface area (Å²) in [7, 11) is 0. The number of rotatable bonds is 2. The van der Waals surface area contributed by atoms with Crippen LogP contribution in [0.1, 0.15) is 51.5 Å². The second-order valence-electron chi connectivity index (χ2n) is 7.17. The lowest BCUT2D eigenvalue weighted by Crippen LogP contribution is -2.38. The van der Waals surface area contributed by atoms with Gasteiger partial charge in [0.15, 0.2) is 0 Å². The normalized spacial score (nSPS) is 27.1. The molecule has 2 aliphatic rings. The quantitative estimate of drug-likeness (QED) is 0.820. The molecule has 2 unspecified atom stereocenters. The van der Waals surface area contributed by atoms with Crippen molar-refractivity contribution in [3.63, 3.8) is 0 Å². The first-order valence-corrected chi connectivity index (χ1v) is 8.81. The van der Waals surface area contributed by atoms with Gasteiger partial charge in [-0.25, -0.2) is 0 Å². The molecular weight excluding hydrogens is 256 g/mol. The minimum absolute atomic E-state index is 0.745. The number of anilines is 1. The maximum atomic E-state index is 3.57. The second-order valence-corrected chi connectivity index (χ2v) is 7.17. The third-order valence-corrected chi connectivity index (χ3v) is 5.51. The second kappa shape index (κ2) is 6.83. The first-order valence-electron chi connectivity index (χ1n) is 8.81. The zero-order valence-electron chi connectivity index (χ0n) is 13.6. The topological polar surface area (TPSA) is 15.3 Å². The van der Waals surface area contributed by atoms with Crippen LogP contribution in [-0.4, -0.2) is 19.1 Å².